The first-order valence-electron chi connectivity index (χ1n) is 4.03. The first-order chi connectivity index (χ1) is 6.19. The van der Waals surface area contributed by atoms with Gasteiger partial charge in [0.1, 0.15) is 11.9 Å². The molecule has 0 aliphatic heterocycles. The van der Waals surface area contributed by atoms with E-state index >= 15 is 0 Å². The summed E-state index contributed by atoms with van der Waals surface area (Å²) in [5.41, 5.74) is 7.49. The van der Waals surface area contributed by atoms with Crippen LogP contribution in [0.15, 0.2) is 18.7 Å². The van der Waals surface area contributed by atoms with Crippen molar-refractivity contribution in [3.05, 3.63) is 30.0 Å². The molecular formula is C10H11N3. The van der Waals surface area contributed by atoms with Crippen LogP contribution < -0.4 is 5.73 Å². The number of nitrogen functional groups attached to an aromatic ring is 1. The van der Waals surface area contributed by atoms with Crippen LogP contribution >= 0.6 is 0 Å². The number of hydrogen-bond donors (Lipinski definition) is 1. The highest BCUT2D eigenvalue weighted by Gasteiger charge is 2.06. The molecule has 0 saturated heterocycles. The maximum atomic E-state index is 8.78. The van der Waals surface area contributed by atoms with Crippen LogP contribution in [0.1, 0.15) is 24.6 Å². The maximum absolute atomic E-state index is 8.78. The van der Waals surface area contributed by atoms with E-state index in [1.807, 2.05) is 6.92 Å². The Kier molecular flexibility index (Phi) is 2.65. The highest BCUT2D eigenvalue weighted by atomic mass is 14.8. The average molecular weight is 173 g/mol. The minimum atomic E-state index is 0.420. The second-order valence-corrected chi connectivity index (χ2v) is 2.70. The highest BCUT2D eigenvalue weighted by molar-refractivity contribution is 5.66. The van der Waals surface area contributed by atoms with E-state index in [1.165, 1.54) is 0 Å². The minimum absolute atomic E-state index is 0.420. The summed E-state index contributed by atoms with van der Waals surface area (Å²) in [7, 11) is 0. The molecule has 0 saturated carbocycles. The van der Waals surface area contributed by atoms with Crippen LogP contribution in [-0.2, 0) is 0 Å². The molecule has 1 aromatic rings. The number of nitriles is 1. The first-order valence-corrected chi connectivity index (χ1v) is 4.03. The topological polar surface area (TPSA) is 62.7 Å². The Balaban J connectivity index is 3.25. The van der Waals surface area contributed by atoms with Gasteiger partial charge in [-0.15, -0.1) is 0 Å². The monoisotopic (exact) mass is 173 g/mol. The van der Waals surface area contributed by atoms with Crippen LogP contribution in [0.4, 0.5) is 5.82 Å². The van der Waals surface area contributed by atoms with Crippen molar-refractivity contribution in [3.8, 4) is 6.07 Å². The van der Waals surface area contributed by atoms with E-state index in [-0.39, 0.29) is 0 Å². The zero-order valence-electron chi connectivity index (χ0n) is 7.54. The molecule has 0 radical (unpaired) electrons. The molecule has 13 heavy (non-hydrogen) atoms. The Bertz CT molecular complexity index is 374. The van der Waals surface area contributed by atoms with Gasteiger partial charge in [0.2, 0.25) is 0 Å². The molecule has 66 valence electrons. The predicted octanol–water partition coefficient (Wildman–Crippen LogP) is 1.96. The third kappa shape index (κ3) is 1.85. The lowest BCUT2D eigenvalue weighted by Crippen LogP contribution is -1.97. The van der Waals surface area contributed by atoms with Gasteiger partial charge in [0.15, 0.2) is 0 Å². The Morgan fingerprint density at radius 2 is 2.38 bits per heavy atom. The van der Waals surface area contributed by atoms with Gasteiger partial charge in [0.05, 0.1) is 11.3 Å². The molecule has 0 aliphatic carbocycles. The molecular weight excluding hydrogens is 162 g/mol. The van der Waals surface area contributed by atoms with Crippen molar-refractivity contribution < 1.29 is 0 Å². The van der Waals surface area contributed by atoms with Crippen LogP contribution in [0.2, 0.25) is 0 Å². The van der Waals surface area contributed by atoms with E-state index < -0.39 is 0 Å². The summed E-state index contributed by atoms with van der Waals surface area (Å²) < 4.78 is 0. The summed E-state index contributed by atoms with van der Waals surface area (Å²) in [5.74, 6) is 0.420. The Morgan fingerprint density at radius 1 is 1.69 bits per heavy atom. The summed E-state index contributed by atoms with van der Waals surface area (Å²) in [6.45, 7) is 5.79. The number of rotatable bonds is 2. The fraction of sp³-hybridized carbons (Fsp3) is 0.200. The minimum Gasteiger partial charge on any atom is -0.384 e. The summed E-state index contributed by atoms with van der Waals surface area (Å²) in [6, 6.07) is 5.34. The third-order valence-electron chi connectivity index (χ3n) is 1.80. The molecule has 3 heteroatoms. The van der Waals surface area contributed by atoms with Gasteiger partial charge in [-0.3, -0.25) is 0 Å². The van der Waals surface area contributed by atoms with E-state index in [1.54, 1.807) is 12.1 Å². The molecule has 1 aromatic heterocycles. The van der Waals surface area contributed by atoms with Crippen LogP contribution in [0.5, 0.6) is 0 Å². The number of hydrogen-bond acceptors (Lipinski definition) is 3. The van der Waals surface area contributed by atoms with Crippen LogP contribution in [0.25, 0.3) is 5.57 Å². The molecule has 0 amide bonds. The fourth-order valence-corrected chi connectivity index (χ4v) is 1.00. The molecule has 3 nitrogen and oxygen atoms in total. The maximum Gasteiger partial charge on any atom is 0.124 e. The molecule has 0 spiro atoms. The van der Waals surface area contributed by atoms with Crippen molar-refractivity contribution >= 4 is 11.4 Å². The second kappa shape index (κ2) is 3.72. The largest absolute Gasteiger partial charge is 0.384 e. The first kappa shape index (κ1) is 9.27. The smallest absolute Gasteiger partial charge is 0.124 e. The van der Waals surface area contributed by atoms with Gasteiger partial charge in [-0.05, 0) is 24.1 Å². The number of allylic oxidation sites excluding steroid dienone is 1. The van der Waals surface area contributed by atoms with Crippen molar-refractivity contribution in [1.29, 1.82) is 5.26 Å². The predicted molar refractivity (Wildman–Crippen MR) is 52.7 cm³/mol. The average Bonchev–Trinajstić information content (AvgIpc) is 2.16. The molecule has 1 heterocycles. The summed E-state index contributed by atoms with van der Waals surface area (Å²) in [5, 5.41) is 8.78. The van der Waals surface area contributed by atoms with Gasteiger partial charge in [0, 0.05) is 0 Å². The van der Waals surface area contributed by atoms with Crippen molar-refractivity contribution in [2.45, 2.75) is 13.3 Å². The molecule has 0 aromatic carbocycles. The molecule has 0 unspecified atom stereocenters. The zero-order valence-corrected chi connectivity index (χ0v) is 7.54. The van der Waals surface area contributed by atoms with E-state index in [4.69, 9.17) is 11.0 Å². The van der Waals surface area contributed by atoms with Gasteiger partial charge in [-0.25, -0.2) is 4.98 Å². The van der Waals surface area contributed by atoms with Crippen molar-refractivity contribution in [2.24, 2.45) is 0 Å². The van der Waals surface area contributed by atoms with Crippen molar-refractivity contribution in [2.75, 3.05) is 5.73 Å². The lowest BCUT2D eigenvalue weighted by Gasteiger charge is -2.04. The normalized spacial score (nSPS) is 9.23. The van der Waals surface area contributed by atoms with Gasteiger partial charge in [-0.1, -0.05) is 13.5 Å². The molecule has 1 rings (SSSR count). The zero-order chi connectivity index (χ0) is 9.84. The third-order valence-corrected chi connectivity index (χ3v) is 1.80. The highest BCUT2D eigenvalue weighted by Crippen LogP contribution is 2.18. The van der Waals surface area contributed by atoms with Gasteiger partial charge >= 0.3 is 0 Å². The van der Waals surface area contributed by atoms with Crippen LogP contribution in [0, 0.1) is 11.3 Å². The number of aromatic nitrogens is 1. The summed E-state index contributed by atoms with van der Waals surface area (Å²) >= 11 is 0. The van der Waals surface area contributed by atoms with Crippen molar-refractivity contribution in [1.82, 2.24) is 4.98 Å². The Hall–Kier alpha value is -1.82. The Labute approximate surface area is 77.5 Å². The number of nitrogens with zero attached hydrogens (tertiary/aromatic N) is 2. The van der Waals surface area contributed by atoms with Crippen LogP contribution in [0.3, 0.4) is 0 Å². The number of pyridine rings is 1. The standard InChI is InChI=1S/C10H11N3/c1-3-7(2)10-8(6-11)4-5-9(12)13-10/h4-5H,2-3H2,1H3,(H2,12,13). The molecule has 0 fully saturated rings. The molecule has 0 atom stereocenters. The van der Waals surface area contributed by atoms with Gasteiger partial charge < -0.3 is 5.73 Å². The fourth-order valence-electron chi connectivity index (χ4n) is 1.00. The number of anilines is 1. The van der Waals surface area contributed by atoms with Crippen molar-refractivity contribution in [3.63, 3.8) is 0 Å². The molecule has 2 N–H and O–H groups in total. The second-order valence-electron chi connectivity index (χ2n) is 2.70. The Morgan fingerprint density at radius 3 is 2.92 bits per heavy atom. The lowest BCUT2D eigenvalue weighted by molar-refractivity contribution is 1.17. The lowest BCUT2D eigenvalue weighted by atomic mass is 10.1. The van der Waals surface area contributed by atoms with E-state index in [9.17, 15) is 0 Å². The molecule has 0 bridgehead atoms. The van der Waals surface area contributed by atoms with E-state index in [2.05, 4.69) is 17.6 Å². The van der Waals surface area contributed by atoms with E-state index in [0.29, 0.717) is 17.1 Å². The van der Waals surface area contributed by atoms with Crippen LogP contribution in [-0.4, -0.2) is 4.98 Å². The SMILES string of the molecule is C=C(CC)c1nc(N)ccc1C#N. The number of nitrogens with two attached hydrogens (primary N) is 1. The quantitative estimate of drug-likeness (QED) is 0.743. The summed E-state index contributed by atoms with van der Waals surface area (Å²) in [6.07, 6.45) is 0.769. The van der Waals surface area contributed by atoms with E-state index in [0.717, 1.165) is 12.0 Å². The van der Waals surface area contributed by atoms with Gasteiger partial charge in [0.25, 0.3) is 0 Å². The molecule has 0 aliphatic rings. The van der Waals surface area contributed by atoms with Gasteiger partial charge in [-0.2, -0.15) is 5.26 Å². The summed E-state index contributed by atoms with van der Waals surface area (Å²) in [4.78, 5) is 4.07.